The van der Waals surface area contributed by atoms with Crippen LogP contribution in [0.2, 0.25) is 0 Å². The maximum Gasteiger partial charge on any atom is 0.264 e. The fourth-order valence-corrected chi connectivity index (χ4v) is 5.05. The van der Waals surface area contributed by atoms with Crippen molar-refractivity contribution in [2.24, 2.45) is 4.99 Å². The standard InChI is InChI=1S/C30H32N2O4S/c1-7-35-27-15-22(9-11-26(27)36-17-23-20(4)12-19(3)13-21(23)5)16-28-29(33)32-30(37-28)31-24-14-18(2)8-10-25(24)34-6/h8-16H,7,17H2,1-6H3,(H,31,32,33)/b28-16-. The summed E-state index contributed by atoms with van der Waals surface area (Å²) < 4.78 is 17.5. The van der Waals surface area contributed by atoms with Crippen molar-refractivity contribution >= 4 is 34.6 Å². The van der Waals surface area contributed by atoms with Crippen molar-refractivity contribution < 1.29 is 19.0 Å². The number of amidine groups is 1. The van der Waals surface area contributed by atoms with E-state index in [0.29, 0.717) is 46.2 Å². The Morgan fingerprint density at radius 3 is 2.32 bits per heavy atom. The van der Waals surface area contributed by atoms with Gasteiger partial charge in [0.05, 0.1) is 18.6 Å². The van der Waals surface area contributed by atoms with Gasteiger partial charge in [0.1, 0.15) is 18.0 Å². The van der Waals surface area contributed by atoms with Crippen molar-refractivity contribution in [1.29, 1.82) is 0 Å². The second-order valence-electron chi connectivity index (χ2n) is 8.96. The summed E-state index contributed by atoms with van der Waals surface area (Å²) in [5.74, 6) is 1.76. The quantitative estimate of drug-likeness (QED) is 0.334. The number of rotatable bonds is 8. The van der Waals surface area contributed by atoms with E-state index in [1.165, 1.54) is 34.0 Å². The van der Waals surface area contributed by atoms with Crippen molar-refractivity contribution in [1.82, 2.24) is 5.32 Å². The molecule has 0 bridgehead atoms. The zero-order chi connectivity index (χ0) is 26.5. The number of hydrogen-bond donors (Lipinski definition) is 1. The minimum Gasteiger partial charge on any atom is -0.494 e. The summed E-state index contributed by atoms with van der Waals surface area (Å²) in [6.07, 6.45) is 1.83. The first-order valence-corrected chi connectivity index (χ1v) is 13.0. The molecule has 0 aliphatic carbocycles. The highest BCUT2D eigenvalue weighted by molar-refractivity contribution is 8.18. The molecule has 0 radical (unpaired) electrons. The van der Waals surface area contributed by atoms with Crippen LogP contribution in [0.4, 0.5) is 5.69 Å². The third-order valence-corrected chi connectivity index (χ3v) is 6.89. The fraction of sp³-hybridized carbons (Fsp3) is 0.267. The molecule has 0 spiro atoms. The Bertz CT molecular complexity index is 1370. The van der Waals surface area contributed by atoms with E-state index in [4.69, 9.17) is 14.2 Å². The molecule has 1 aliphatic heterocycles. The van der Waals surface area contributed by atoms with Gasteiger partial charge in [-0.1, -0.05) is 29.8 Å². The molecular formula is C30H32N2O4S. The molecule has 3 aromatic rings. The number of methoxy groups -OCH3 is 1. The maximum absolute atomic E-state index is 12.7. The molecule has 0 atom stereocenters. The summed E-state index contributed by atoms with van der Waals surface area (Å²) in [7, 11) is 1.60. The highest BCUT2D eigenvalue weighted by Crippen LogP contribution is 2.35. The molecular weight excluding hydrogens is 484 g/mol. The second-order valence-corrected chi connectivity index (χ2v) is 9.99. The third-order valence-electron chi connectivity index (χ3n) is 5.98. The number of ether oxygens (including phenoxy) is 3. The normalized spacial score (nSPS) is 15.2. The first-order chi connectivity index (χ1) is 17.8. The first-order valence-electron chi connectivity index (χ1n) is 12.2. The van der Waals surface area contributed by atoms with Gasteiger partial charge in [0.2, 0.25) is 0 Å². The number of amides is 1. The van der Waals surface area contributed by atoms with Gasteiger partial charge < -0.3 is 19.5 Å². The highest BCUT2D eigenvalue weighted by Gasteiger charge is 2.24. The zero-order valence-electron chi connectivity index (χ0n) is 22.1. The van der Waals surface area contributed by atoms with Gasteiger partial charge in [-0.3, -0.25) is 4.79 Å². The predicted octanol–water partition coefficient (Wildman–Crippen LogP) is 6.80. The molecule has 1 amide bonds. The molecule has 1 aliphatic rings. The van der Waals surface area contributed by atoms with Crippen molar-refractivity contribution in [3.63, 3.8) is 0 Å². The first kappa shape index (κ1) is 26.4. The summed E-state index contributed by atoms with van der Waals surface area (Å²) in [5.41, 5.74) is 7.41. The van der Waals surface area contributed by atoms with Crippen molar-refractivity contribution in [3.8, 4) is 17.2 Å². The molecule has 7 heteroatoms. The molecule has 0 saturated carbocycles. The Hall–Kier alpha value is -3.71. The molecule has 37 heavy (non-hydrogen) atoms. The van der Waals surface area contributed by atoms with Gasteiger partial charge in [-0.25, -0.2) is 4.99 Å². The molecule has 6 nitrogen and oxygen atoms in total. The summed E-state index contributed by atoms with van der Waals surface area (Å²) >= 11 is 1.29. The molecule has 1 N–H and O–H groups in total. The lowest BCUT2D eigenvalue weighted by atomic mass is 10.0. The van der Waals surface area contributed by atoms with Crippen LogP contribution in [-0.4, -0.2) is 24.8 Å². The average Bonchev–Trinajstić information content (AvgIpc) is 3.18. The van der Waals surface area contributed by atoms with E-state index >= 15 is 0 Å². The van der Waals surface area contributed by atoms with E-state index in [2.05, 4.69) is 43.2 Å². The Kier molecular flexibility index (Phi) is 8.24. The van der Waals surface area contributed by atoms with Gasteiger partial charge >= 0.3 is 0 Å². The van der Waals surface area contributed by atoms with Crippen molar-refractivity contribution in [2.45, 2.75) is 41.2 Å². The number of nitrogens with zero attached hydrogens (tertiary/aromatic N) is 1. The van der Waals surface area contributed by atoms with Gasteiger partial charge in [-0.05, 0) is 105 Å². The smallest absolute Gasteiger partial charge is 0.264 e. The largest absolute Gasteiger partial charge is 0.494 e. The van der Waals surface area contributed by atoms with Crippen LogP contribution in [0.1, 0.15) is 40.3 Å². The fourth-order valence-electron chi connectivity index (χ4n) is 4.22. The number of carbonyl (C=O) groups excluding carboxylic acids is 1. The minimum atomic E-state index is -0.195. The van der Waals surface area contributed by atoms with Crippen molar-refractivity contribution in [3.05, 3.63) is 86.8 Å². The SMILES string of the molecule is CCOc1cc(/C=C2\SC(=Nc3cc(C)ccc3OC)NC2=O)ccc1OCc1c(C)cc(C)cc1C. The van der Waals surface area contributed by atoms with Gasteiger partial charge in [-0.15, -0.1) is 0 Å². The molecule has 1 fully saturated rings. The van der Waals surface area contributed by atoms with Crippen LogP contribution < -0.4 is 19.5 Å². The molecule has 1 heterocycles. The molecule has 192 valence electrons. The average molecular weight is 517 g/mol. The third kappa shape index (κ3) is 6.35. The van der Waals surface area contributed by atoms with Crippen LogP contribution in [0.15, 0.2) is 58.4 Å². The van der Waals surface area contributed by atoms with Gasteiger partial charge in [0, 0.05) is 0 Å². The van der Waals surface area contributed by atoms with Crippen LogP contribution in [0.3, 0.4) is 0 Å². The summed E-state index contributed by atoms with van der Waals surface area (Å²) in [4.78, 5) is 17.8. The number of aliphatic imine (C=N–C) groups is 1. The Morgan fingerprint density at radius 2 is 1.62 bits per heavy atom. The maximum atomic E-state index is 12.7. The lowest BCUT2D eigenvalue weighted by molar-refractivity contribution is -0.115. The minimum absolute atomic E-state index is 0.195. The van der Waals surface area contributed by atoms with E-state index in [9.17, 15) is 4.79 Å². The number of hydrogen-bond acceptors (Lipinski definition) is 6. The topological polar surface area (TPSA) is 69.2 Å². The van der Waals surface area contributed by atoms with Crippen LogP contribution in [0.5, 0.6) is 17.2 Å². The van der Waals surface area contributed by atoms with Crippen LogP contribution >= 0.6 is 11.8 Å². The van der Waals surface area contributed by atoms with Gasteiger partial charge in [0.15, 0.2) is 16.7 Å². The van der Waals surface area contributed by atoms with E-state index in [-0.39, 0.29) is 5.91 Å². The number of nitrogens with one attached hydrogen (secondary N) is 1. The van der Waals surface area contributed by atoms with Crippen LogP contribution in [-0.2, 0) is 11.4 Å². The number of carbonyl (C=O) groups is 1. The second kappa shape index (κ2) is 11.6. The zero-order valence-corrected chi connectivity index (χ0v) is 22.9. The number of thioether (sulfide) groups is 1. The molecule has 0 aromatic heterocycles. The van der Waals surface area contributed by atoms with Gasteiger partial charge in [-0.2, -0.15) is 0 Å². The summed E-state index contributed by atoms with van der Waals surface area (Å²) in [5, 5.41) is 3.35. The Balaban J connectivity index is 1.54. The van der Waals surface area contributed by atoms with Crippen LogP contribution in [0.25, 0.3) is 6.08 Å². The van der Waals surface area contributed by atoms with E-state index in [1.807, 2.05) is 56.3 Å². The van der Waals surface area contributed by atoms with E-state index < -0.39 is 0 Å². The van der Waals surface area contributed by atoms with Crippen molar-refractivity contribution in [2.75, 3.05) is 13.7 Å². The molecule has 1 saturated heterocycles. The van der Waals surface area contributed by atoms with Crippen LogP contribution in [0, 0.1) is 27.7 Å². The summed E-state index contributed by atoms with van der Waals surface area (Å²) in [6, 6.07) is 15.8. The van der Waals surface area contributed by atoms with E-state index in [0.717, 1.165) is 11.1 Å². The van der Waals surface area contributed by atoms with Gasteiger partial charge in [0.25, 0.3) is 5.91 Å². The Morgan fingerprint density at radius 1 is 0.892 bits per heavy atom. The number of aryl methyl sites for hydroxylation is 4. The molecule has 4 rings (SSSR count). The lowest BCUT2D eigenvalue weighted by Gasteiger charge is -2.15. The Labute approximate surface area is 222 Å². The predicted molar refractivity (Wildman–Crippen MR) is 151 cm³/mol. The molecule has 3 aromatic carbocycles. The highest BCUT2D eigenvalue weighted by atomic mass is 32.2. The van der Waals surface area contributed by atoms with E-state index in [1.54, 1.807) is 7.11 Å². The lowest BCUT2D eigenvalue weighted by Crippen LogP contribution is -2.19. The number of benzene rings is 3. The monoisotopic (exact) mass is 516 g/mol. The molecule has 0 unspecified atom stereocenters. The summed E-state index contributed by atoms with van der Waals surface area (Å²) in [6.45, 7) is 11.2.